The monoisotopic (exact) mass is 470 g/mol. The third kappa shape index (κ3) is 7.67. The van der Waals surface area contributed by atoms with Gasteiger partial charge in [0.25, 0.3) is 0 Å². The number of aliphatic hydroxyl groups excluding tert-OH is 1. The van der Waals surface area contributed by atoms with Gasteiger partial charge >= 0.3 is 5.97 Å². The first-order valence-electron chi connectivity index (χ1n) is 11.5. The van der Waals surface area contributed by atoms with Crippen LogP contribution in [0.25, 0.3) is 0 Å². The van der Waals surface area contributed by atoms with Crippen LogP contribution in [0.4, 0.5) is 0 Å². The second kappa shape index (κ2) is 12.7. The van der Waals surface area contributed by atoms with Crippen LogP contribution in [0.2, 0.25) is 0 Å². The predicted molar refractivity (Wildman–Crippen MR) is 128 cm³/mol. The summed E-state index contributed by atoms with van der Waals surface area (Å²) < 4.78 is 28.7. The fourth-order valence-corrected chi connectivity index (χ4v) is 3.77. The molecule has 3 rings (SSSR count). The normalized spacial score (nSPS) is 20.4. The molecular formula is C27H34O7. The van der Waals surface area contributed by atoms with E-state index >= 15 is 0 Å². The maximum Gasteiger partial charge on any atom is 0.338 e. The summed E-state index contributed by atoms with van der Waals surface area (Å²) in [6.07, 6.45) is 3.14. The number of carbonyl (C=O) groups excluding carboxylic acids is 1. The van der Waals surface area contributed by atoms with Crippen molar-refractivity contribution in [2.75, 3.05) is 20.3 Å². The topological polar surface area (TPSA) is 83.5 Å². The summed E-state index contributed by atoms with van der Waals surface area (Å²) in [5.41, 5.74) is 1.52. The van der Waals surface area contributed by atoms with Crippen LogP contribution in [-0.2, 0) is 25.6 Å². The maximum atomic E-state index is 12.7. The molecule has 1 N–H and O–H groups in total. The van der Waals surface area contributed by atoms with Crippen LogP contribution in [0.15, 0.2) is 66.7 Å². The second-order valence-electron chi connectivity index (χ2n) is 8.50. The molecule has 1 aliphatic rings. The Kier molecular flexibility index (Phi) is 9.65. The van der Waals surface area contributed by atoms with Gasteiger partial charge in [-0.2, -0.15) is 0 Å². The van der Waals surface area contributed by atoms with E-state index in [0.29, 0.717) is 31.6 Å². The van der Waals surface area contributed by atoms with Crippen molar-refractivity contribution in [1.29, 1.82) is 0 Å². The van der Waals surface area contributed by atoms with Gasteiger partial charge in [-0.1, -0.05) is 36.4 Å². The van der Waals surface area contributed by atoms with E-state index in [-0.39, 0.29) is 6.61 Å². The van der Waals surface area contributed by atoms with E-state index in [0.717, 1.165) is 11.3 Å². The van der Waals surface area contributed by atoms with Crippen LogP contribution in [0.5, 0.6) is 5.75 Å². The van der Waals surface area contributed by atoms with E-state index in [1.165, 1.54) is 0 Å². The summed E-state index contributed by atoms with van der Waals surface area (Å²) in [6.45, 7) is 4.57. The summed E-state index contributed by atoms with van der Waals surface area (Å²) in [4.78, 5) is 12.7. The second-order valence-corrected chi connectivity index (χ2v) is 8.50. The van der Waals surface area contributed by atoms with E-state index in [4.69, 9.17) is 23.7 Å². The number of aliphatic hydroxyl groups is 1. The molecule has 1 heterocycles. The molecule has 0 bridgehead atoms. The van der Waals surface area contributed by atoms with Crippen molar-refractivity contribution in [3.63, 3.8) is 0 Å². The highest BCUT2D eigenvalue weighted by molar-refractivity contribution is 5.89. The quantitative estimate of drug-likeness (QED) is 0.282. The molecule has 3 atom stereocenters. The third-order valence-corrected chi connectivity index (χ3v) is 5.39. The predicted octanol–water partition coefficient (Wildman–Crippen LogP) is 4.29. The van der Waals surface area contributed by atoms with Crippen molar-refractivity contribution < 1.29 is 33.6 Å². The lowest BCUT2D eigenvalue weighted by Gasteiger charge is -2.24. The maximum absolute atomic E-state index is 12.7. The van der Waals surface area contributed by atoms with E-state index in [1.54, 1.807) is 31.4 Å². The Morgan fingerprint density at radius 1 is 1.12 bits per heavy atom. The van der Waals surface area contributed by atoms with Gasteiger partial charge in [0.1, 0.15) is 18.0 Å². The van der Waals surface area contributed by atoms with Crippen LogP contribution in [0.3, 0.4) is 0 Å². The molecule has 34 heavy (non-hydrogen) atoms. The van der Waals surface area contributed by atoms with Crippen molar-refractivity contribution in [3.05, 3.63) is 77.9 Å². The highest BCUT2D eigenvalue weighted by Gasteiger charge is 2.45. The Bertz CT molecular complexity index is 908. The van der Waals surface area contributed by atoms with Gasteiger partial charge in [-0.05, 0) is 62.6 Å². The van der Waals surface area contributed by atoms with Crippen LogP contribution in [0, 0.1) is 0 Å². The number of esters is 1. The zero-order valence-corrected chi connectivity index (χ0v) is 20.0. The SMILES string of the molecule is COc1ccc(COCC/C=C\C(OC(=O)c2ccccc2)[C@H]2OC(C)(C)O[C@H]2CCO)cc1. The summed E-state index contributed by atoms with van der Waals surface area (Å²) in [6, 6.07) is 16.6. The minimum absolute atomic E-state index is 0.0527. The Balaban J connectivity index is 1.60. The highest BCUT2D eigenvalue weighted by atomic mass is 16.8. The molecule has 0 aromatic heterocycles. The number of ether oxygens (including phenoxy) is 5. The fraction of sp³-hybridized carbons (Fsp3) is 0.444. The van der Waals surface area contributed by atoms with Gasteiger partial charge in [0.2, 0.25) is 0 Å². The first-order chi connectivity index (χ1) is 16.4. The van der Waals surface area contributed by atoms with E-state index < -0.39 is 30.1 Å². The van der Waals surface area contributed by atoms with Crippen molar-refractivity contribution in [3.8, 4) is 5.75 Å². The standard InChI is InChI=1S/C27H34O7/c1-27(2)33-24(16-17-28)25(34-27)23(32-26(29)21-9-5-4-6-10-21)11-7-8-18-31-19-20-12-14-22(30-3)15-13-20/h4-7,9-15,23-25,28H,8,16-19H2,1-3H3/b11-7-/t23?,24-,25+/m0/s1. The first kappa shape index (κ1) is 25.9. The molecule has 184 valence electrons. The lowest BCUT2D eigenvalue weighted by Crippen LogP contribution is -2.38. The Morgan fingerprint density at radius 3 is 2.53 bits per heavy atom. The van der Waals surface area contributed by atoms with Crippen LogP contribution < -0.4 is 4.74 Å². The van der Waals surface area contributed by atoms with Gasteiger partial charge < -0.3 is 28.8 Å². The molecule has 1 saturated heterocycles. The number of hydrogen-bond donors (Lipinski definition) is 1. The van der Waals surface area contributed by atoms with E-state index in [1.807, 2.05) is 56.3 Å². The lowest BCUT2D eigenvalue weighted by molar-refractivity contribution is -0.153. The molecule has 7 heteroatoms. The van der Waals surface area contributed by atoms with Crippen LogP contribution in [0.1, 0.15) is 42.6 Å². The number of methoxy groups -OCH3 is 1. The summed E-state index contributed by atoms with van der Waals surface area (Å²) in [7, 11) is 1.64. The molecule has 0 aliphatic carbocycles. The molecular weight excluding hydrogens is 436 g/mol. The average Bonchev–Trinajstić information content (AvgIpc) is 3.15. The zero-order chi connectivity index (χ0) is 24.4. The molecule has 1 aliphatic heterocycles. The molecule has 0 spiro atoms. The van der Waals surface area contributed by atoms with Crippen molar-refractivity contribution in [1.82, 2.24) is 0 Å². The van der Waals surface area contributed by atoms with Gasteiger partial charge in [-0.25, -0.2) is 4.79 Å². The van der Waals surface area contributed by atoms with Gasteiger partial charge in [-0.15, -0.1) is 0 Å². The van der Waals surface area contributed by atoms with Crippen molar-refractivity contribution in [2.45, 2.75) is 57.4 Å². The van der Waals surface area contributed by atoms with Gasteiger partial charge in [-0.3, -0.25) is 0 Å². The number of hydrogen-bond acceptors (Lipinski definition) is 7. The number of carbonyl (C=O) groups is 1. The van der Waals surface area contributed by atoms with Crippen LogP contribution >= 0.6 is 0 Å². The molecule has 0 amide bonds. The summed E-state index contributed by atoms with van der Waals surface area (Å²) in [5.74, 6) is -0.470. The summed E-state index contributed by atoms with van der Waals surface area (Å²) in [5, 5.41) is 9.47. The van der Waals surface area contributed by atoms with E-state index in [9.17, 15) is 9.90 Å². The Hall–Kier alpha value is -2.71. The molecule has 2 aromatic carbocycles. The Morgan fingerprint density at radius 2 is 1.85 bits per heavy atom. The molecule has 2 aromatic rings. The minimum Gasteiger partial charge on any atom is -0.497 e. The van der Waals surface area contributed by atoms with E-state index in [2.05, 4.69) is 0 Å². The van der Waals surface area contributed by atoms with Gasteiger partial charge in [0, 0.05) is 6.61 Å². The zero-order valence-electron chi connectivity index (χ0n) is 20.0. The fourth-order valence-electron chi connectivity index (χ4n) is 3.77. The van der Waals surface area contributed by atoms with Crippen molar-refractivity contribution >= 4 is 5.97 Å². The molecule has 1 unspecified atom stereocenters. The van der Waals surface area contributed by atoms with Crippen LogP contribution in [-0.4, -0.2) is 55.5 Å². The molecule has 7 nitrogen and oxygen atoms in total. The highest BCUT2D eigenvalue weighted by Crippen LogP contribution is 2.33. The van der Waals surface area contributed by atoms with Crippen molar-refractivity contribution in [2.24, 2.45) is 0 Å². The molecule has 0 saturated carbocycles. The minimum atomic E-state index is -0.836. The van der Waals surface area contributed by atoms with Gasteiger partial charge in [0.15, 0.2) is 5.79 Å². The summed E-state index contributed by atoms with van der Waals surface area (Å²) >= 11 is 0. The number of benzene rings is 2. The molecule has 0 radical (unpaired) electrons. The third-order valence-electron chi connectivity index (χ3n) is 5.39. The smallest absolute Gasteiger partial charge is 0.338 e. The Labute approximate surface area is 201 Å². The first-order valence-corrected chi connectivity index (χ1v) is 11.5. The largest absolute Gasteiger partial charge is 0.497 e. The molecule has 1 fully saturated rings. The van der Waals surface area contributed by atoms with Gasteiger partial charge in [0.05, 0.1) is 32.0 Å². The lowest BCUT2D eigenvalue weighted by atomic mass is 10.0. The number of rotatable bonds is 12. The average molecular weight is 471 g/mol.